The molecular formula is C13H22BN2S. The number of hydrogen-bond donors (Lipinski definition) is 0. The van der Waals surface area contributed by atoms with Crippen LogP contribution in [0.25, 0.3) is 0 Å². The van der Waals surface area contributed by atoms with Gasteiger partial charge in [0.1, 0.15) is 7.28 Å². The van der Waals surface area contributed by atoms with Crippen LogP contribution >= 0.6 is 12.2 Å². The van der Waals surface area contributed by atoms with Crippen molar-refractivity contribution < 1.29 is 0 Å². The molecule has 4 unspecified atom stereocenters. The molecule has 17 heavy (non-hydrogen) atoms. The number of thiocarbonyl (C=S) groups is 1. The highest BCUT2D eigenvalue weighted by Gasteiger charge is 2.63. The van der Waals surface area contributed by atoms with Crippen LogP contribution in [0.2, 0.25) is 10.6 Å². The summed E-state index contributed by atoms with van der Waals surface area (Å²) >= 11 is 5.53. The van der Waals surface area contributed by atoms with E-state index in [4.69, 9.17) is 12.2 Å². The van der Waals surface area contributed by atoms with Gasteiger partial charge in [-0.2, -0.15) is 0 Å². The second-order valence-corrected chi connectivity index (χ2v) is 7.08. The first kappa shape index (κ1) is 11.8. The lowest BCUT2D eigenvalue weighted by Gasteiger charge is -2.34. The van der Waals surface area contributed by atoms with Crippen molar-refractivity contribution in [3.05, 3.63) is 0 Å². The first-order valence-electron chi connectivity index (χ1n) is 6.75. The summed E-state index contributed by atoms with van der Waals surface area (Å²) in [6, 6.07) is 1.26. The molecular weight excluding hydrogens is 227 g/mol. The maximum absolute atomic E-state index is 5.53. The van der Waals surface area contributed by atoms with Gasteiger partial charge >= 0.3 is 0 Å². The summed E-state index contributed by atoms with van der Waals surface area (Å²) in [5, 5.41) is 1.99. The molecule has 0 bridgehead atoms. The Kier molecular flexibility index (Phi) is 2.37. The summed E-state index contributed by atoms with van der Waals surface area (Å²) in [7, 11) is 6.93. The van der Waals surface area contributed by atoms with Crippen LogP contribution in [0.1, 0.15) is 39.5 Å². The zero-order valence-corrected chi connectivity index (χ0v) is 12.2. The Morgan fingerprint density at radius 1 is 1.18 bits per heavy atom. The van der Waals surface area contributed by atoms with Crippen LogP contribution in [0.15, 0.2) is 0 Å². The lowest BCUT2D eigenvalue weighted by Crippen LogP contribution is -2.37. The molecule has 0 N–H and O–H groups in total. The van der Waals surface area contributed by atoms with Crippen molar-refractivity contribution in [3.63, 3.8) is 0 Å². The summed E-state index contributed by atoms with van der Waals surface area (Å²) < 4.78 is 0. The molecule has 4 atom stereocenters. The highest BCUT2D eigenvalue weighted by atomic mass is 32.1. The van der Waals surface area contributed by atoms with Crippen molar-refractivity contribution in [3.8, 4) is 0 Å². The van der Waals surface area contributed by atoms with Crippen molar-refractivity contribution in [2.24, 2.45) is 0 Å². The molecule has 1 aliphatic carbocycles. The predicted molar refractivity (Wildman–Crippen MR) is 76.7 cm³/mol. The van der Waals surface area contributed by atoms with Gasteiger partial charge in [0.25, 0.3) is 0 Å². The van der Waals surface area contributed by atoms with E-state index in [2.05, 4.69) is 45.0 Å². The van der Waals surface area contributed by atoms with Gasteiger partial charge in [-0.3, -0.25) is 0 Å². The lowest BCUT2D eigenvalue weighted by atomic mass is 9.80. The van der Waals surface area contributed by atoms with Gasteiger partial charge in [0.15, 0.2) is 5.11 Å². The number of nitrogens with zero attached hydrogens (tertiary/aromatic N) is 2. The maximum Gasteiger partial charge on any atom is 0.171 e. The predicted octanol–water partition coefficient (Wildman–Crippen LogP) is 2.53. The molecule has 1 radical (unpaired) electrons. The van der Waals surface area contributed by atoms with Gasteiger partial charge in [-0.1, -0.05) is 37.3 Å². The molecule has 2 saturated heterocycles. The van der Waals surface area contributed by atoms with Crippen molar-refractivity contribution in [1.29, 1.82) is 0 Å². The van der Waals surface area contributed by atoms with E-state index in [1.165, 1.54) is 25.7 Å². The average Bonchev–Trinajstić information content (AvgIpc) is 2.71. The molecule has 0 amide bonds. The third-order valence-electron chi connectivity index (χ3n) is 5.73. The van der Waals surface area contributed by atoms with E-state index >= 15 is 0 Å². The van der Waals surface area contributed by atoms with Crippen LogP contribution in [0.3, 0.4) is 0 Å². The van der Waals surface area contributed by atoms with Crippen LogP contribution < -0.4 is 0 Å². The first-order chi connectivity index (χ1) is 7.88. The van der Waals surface area contributed by atoms with Gasteiger partial charge in [0.2, 0.25) is 0 Å². The quantitative estimate of drug-likeness (QED) is 0.481. The Labute approximate surface area is 111 Å². The van der Waals surface area contributed by atoms with Crippen molar-refractivity contribution in [2.75, 3.05) is 14.1 Å². The van der Waals surface area contributed by atoms with E-state index in [0.29, 0.717) is 22.7 Å². The molecule has 2 aliphatic heterocycles. The Hall–Kier alpha value is -0.245. The highest BCUT2D eigenvalue weighted by molar-refractivity contribution is 7.80. The molecule has 4 heteroatoms. The highest BCUT2D eigenvalue weighted by Crippen LogP contribution is 2.74. The average molecular weight is 249 g/mol. The molecule has 93 valence electrons. The number of likely N-dealkylation sites (N-methyl/N-ethyl adjacent to an activating group) is 2. The van der Waals surface area contributed by atoms with Crippen LogP contribution in [0.5, 0.6) is 0 Å². The second-order valence-electron chi connectivity index (χ2n) is 6.71. The van der Waals surface area contributed by atoms with Crippen molar-refractivity contribution >= 4 is 24.6 Å². The number of fused-ring (bicyclic) bond motifs is 2. The fourth-order valence-corrected chi connectivity index (χ4v) is 4.41. The largest absolute Gasteiger partial charge is 0.347 e. The van der Waals surface area contributed by atoms with E-state index in [1.807, 2.05) is 0 Å². The number of hydrogen-bond acceptors (Lipinski definition) is 1. The van der Waals surface area contributed by atoms with E-state index in [0.717, 1.165) is 5.11 Å². The van der Waals surface area contributed by atoms with E-state index in [9.17, 15) is 0 Å². The summed E-state index contributed by atoms with van der Waals surface area (Å²) in [6.45, 7) is 4.87. The van der Waals surface area contributed by atoms with E-state index in [-0.39, 0.29) is 0 Å². The minimum absolute atomic E-state index is 0.450. The van der Waals surface area contributed by atoms with Gasteiger partial charge in [0, 0.05) is 14.1 Å². The molecule has 0 aromatic heterocycles. The summed E-state index contributed by atoms with van der Waals surface area (Å²) in [4.78, 5) is 4.66. The monoisotopic (exact) mass is 249 g/mol. The SMILES string of the molecule is CN1C(=S)N(C)C2CC3(C)[B]C3(C)CCCC21. The minimum atomic E-state index is 0.450. The fourth-order valence-electron chi connectivity index (χ4n) is 4.14. The third kappa shape index (κ3) is 1.49. The zero-order chi connectivity index (χ0) is 12.4. The van der Waals surface area contributed by atoms with Crippen LogP contribution in [-0.2, 0) is 0 Å². The van der Waals surface area contributed by atoms with Gasteiger partial charge in [0.05, 0.1) is 12.1 Å². The molecule has 3 fully saturated rings. The molecule has 3 aliphatic rings. The normalized spacial score (nSPS) is 49.1. The van der Waals surface area contributed by atoms with Gasteiger partial charge < -0.3 is 9.80 Å². The number of rotatable bonds is 0. The summed E-state index contributed by atoms with van der Waals surface area (Å²) in [6.07, 6.45) is 5.27. The Morgan fingerprint density at radius 3 is 2.53 bits per heavy atom. The molecule has 3 rings (SSSR count). The molecule has 0 spiro atoms. The Morgan fingerprint density at radius 2 is 1.82 bits per heavy atom. The van der Waals surface area contributed by atoms with Crippen molar-refractivity contribution in [2.45, 2.75) is 62.2 Å². The van der Waals surface area contributed by atoms with Crippen molar-refractivity contribution in [1.82, 2.24) is 9.80 Å². The minimum Gasteiger partial charge on any atom is -0.347 e. The van der Waals surface area contributed by atoms with E-state index in [1.54, 1.807) is 0 Å². The van der Waals surface area contributed by atoms with Crippen LogP contribution in [0.4, 0.5) is 0 Å². The topological polar surface area (TPSA) is 6.48 Å². The summed E-state index contributed by atoms with van der Waals surface area (Å²) in [5.41, 5.74) is 0. The molecule has 2 heterocycles. The lowest BCUT2D eigenvalue weighted by molar-refractivity contribution is 0.230. The first-order valence-corrected chi connectivity index (χ1v) is 7.15. The van der Waals surface area contributed by atoms with Gasteiger partial charge in [-0.05, 0) is 25.1 Å². The third-order valence-corrected chi connectivity index (χ3v) is 6.31. The Balaban J connectivity index is 1.88. The van der Waals surface area contributed by atoms with E-state index < -0.39 is 0 Å². The zero-order valence-electron chi connectivity index (χ0n) is 11.4. The smallest absolute Gasteiger partial charge is 0.171 e. The maximum atomic E-state index is 5.53. The van der Waals surface area contributed by atoms with Gasteiger partial charge in [-0.25, -0.2) is 0 Å². The van der Waals surface area contributed by atoms with Crippen LogP contribution in [0, 0.1) is 0 Å². The molecule has 0 aromatic carbocycles. The fraction of sp³-hybridized carbons (Fsp3) is 0.923. The molecule has 0 aromatic rings. The van der Waals surface area contributed by atoms with Gasteiger partial charge in [-0.15, -0.1) is 0 Å². The summed E-state index contributed by atoms with van der Waals surface area (Å²) in [5.74, 6) is 0. The Bertz CT molecular complexity index is 374. The molecule has 1 saturated carbocycles. The van der Waals surface area contributed by atoms with Crippen LogP contribution in [-0.4, -0.2) is 48.4 Å². The second kappa shape index (κ2) is 3.40. The molecule has 2 nitrogen and oxygen atoms in total. The standard InChI is InChI=1S/C13H22BN2S/c1-12-7-5-6-9-10(8-13(12,2)14-12)16(4)11(17)15(9)3/h9-10H,5-8H2,1-4H3.